The number of ether oxygens (including phenoxy) is 1. The Kier molecular flexibility index (Phi) is 3.36. The minimum atomic E-state index is -1.58. The Morgan fingerprint density at radius 2 is 2.18 bits per heavy atom. The molecule has 2 rings (SSSR count). The van der Waals surface area contributed by atoms with E-state index in [1.807, 2.05) is 9.02 Å². The lowest BCUT2D eigenvalue weighted by atomic mass is 10.0. The average Bonchev–Trinajstić information content (AvgIpc) is 2.70. The van der Waals surface area contributed by atoms with E-state index < -0.39 is 6.19 Å². The van der Waals surface area contributed by atoms with Crippen molar-refractivity contribution < 1.29 is 4.74 Å². The molecule has 1 aliphatic rings. The zero-order valence-corrected chi connectivity index (χ0v) is 13.1. The van der Waals surface area contributed by atoms with Crippen LogP contribution in [-0.2, 0) is 23.1 Å². The SMILES string of the molecule is CCC1(Cn2ncn(P(C)(C)=S)c2=S)OC1C. The molecule has 0 spiro atoms. The molecule has 1 aliphatic heterocycles. The third kappa shape index (κ3) is 2.41. The van der Waals surface area contributed by atoms with Crippen LogP contribution in [0.4, 0.5) is 0 Å². The molecular weight excluding hydrogens is 273 g/mol. The lowest BCUT2D eigenvalue weighted by molar-refractivity contribution is 0.253. The predicted octanol–water partition coefficient (Wildman–Crippen LogP) is 2.48. The molecule has 0 saturated carbocycles. The Morgan fingerprint density at radius 3 is 2.53 bits per heavy atom. The lowest BCUT2D eigenvalue weighted by Crippen LogP contribution is -2.22. The van der Waals surface area contributed by atoms with Crippen LogP contribution in [0.5, 0.6) is 0 Å². The third-order valence-corrected chi connectivity index (χ3v) is 5.75. The first-order valence-corrected chi connectivity index (χ1v) is 9.74. The van der Waals surface area contributed by atoms with Gasteiger partial charge in [-0.15, -0.1) is 0 Å². The van der Waals surface area contributed by atoms with Gasteiger partial charge in [0.25, 0.3) is 0 Å². The van der Waals surface area contributed by atoms with Crippen molar-refractivity contribution in [2.45, 2.75) is 38.5 Å². The smallest absolute Gasteiger partial charge is 0.201 e. The summed E-state index contributed by atoms with van der Waals surface area (Å²) in [5.41, 5.74) is -0.0680. The molecule has 1 saturated heterocycles. The highest BCUT2D eigenvalue weighted by Gasteiger charge is 2.52. The maximum absolute atomic E-state index is 5.67. The van der Waals surface area contributed by atoms with Crippen LogP contribution in [0.2, 0.25) is 0 Å². The number of nitrogens with zero attached hydrogens (tertiary/aromatic N) is 3. The molecule has 0 bridgehead atoms. The van der Waals surface area contributed by atoms with E-state index in [9.17, 15) is 0 Å². The fourth-order valence-corrected chi connectivity index (χ4v) is 4.08. The van der Waals surface area contributed by atoms with Crippen LogP contribution in [0.25, 0.3) is 0 Å². The van der Waals surface area contributed by atoms with Gasteiger partial charge in [0.1, 0.15) is 11.9 Å². The van der Waals surface area contributed by atoms with Crippen LogP contribution in [-0.4, -0.2) is 39.2 Å². The summed E-state index contributed by atoms with van der Waals surface area (Å²) in [6.07, 6.45) is 1.46. The van der Waals surface area contributed by atoms with Gasteiger partial charge in [-0.1, -0.05) is 18.7 Å². The van der Waals surface area contributed by atoms with Crippen LogP contribution < -0.4 is 0 Å². The van der Waals surface area contributed by atoms with Crippen molar-refractivity contribution >= 4 is 30.2 Å². The van der Waals surface area contributed by atoms with E-state index >= 15 is 0 Å². The zero-order valence-electron chi connectivity index (χ0n) is 10.6. The molecule has 17 heavy (non-hydrogen) atoms. The fraction of sp³-hybridized carbons (Fsp3) is 0.800. The van der Waals surface area contributed by atoms with E-state index in [1.165, 1.54) is 0 Å². The van der Waals surface area contributed by atoms with Crippen molar-refractivity contribution in [3.05, 3.63) is 11.1 Å². The van der Waals surface area contributed by atoms with Crippen molar-refractivity contribution in [1.82, 2.24) is 14.1 Å². The minimum Gasteiger partial charge on any atom is -0.364 e. The molecule has 2 heterocycles. The largest absolute Gasteiger partial charge is 0.364 e. The molecule has 0 radical (unpaired) electrons. The van der Waals surface area contributed by atoms with E-state index in [0.717, 1.165) is 13.0 Å². The summed E-state index contributed by atoms with van der Waals surface area (Å²) in [5, 5.41) is 4.35. The molecule has 7 heteroatoms. The Balaban J connectivity index is 2.28. The zero-order chi connectivity index (χ0) is 12.8. The van der Waals surface area contributed by atoms with Gasteiger partial charge in [-0.05, 0) is 38.9 Å². The Labute approximate surface area is 112 Å². The van der Waals surface area contributed by atoms with Gasteiger partial charge < -0.3 is 4.74 Å². The van der Waals surface area contributed by atoms with E-state index in [2.05, 4.69) is 32.3 Å². The standard InChI is InChI=1S/C10H18N3OPS2/c1-5-10(8(2)14-10)6-12-9(16)13(7-11-12)15(3,4)17/h7-8H,5-6H2,1-4H3. The molecule has 0 amide bonds. The van der Waals surface area contributed by atoms with Crippen LogP contribution in [0.1, 0.15) is 20.3 Å². The minimum absolute atomic E-state index is 0.0680. The highest BCUT2D eigenvalue weighted by atomic mass is 32.4. The van der Waals surface area contributed by atoms with Crippen molar-refractivity contribution in [3.63, 3.8) is 0 Å². The van der Waals surface area contributed by atoms with Gasteiger partial charge in [0.05, 0.1) is 12.6 Å². The van der Waals surface area contributed by atoms with Crippen LogP contribution in [0, 0.1) is 4.77 Å². The van der Waals surface area contributed by atoms with Crippen molar-refractivity contribution in [2.75, 3.05) is 13.3 Å². The summed E-state index contributed by atoms with van der Waals surface area (Å²) >= 11 is 10.9. The number of hydrogen-bond donors (Lipinski definition) is 0. The first-order chi connectivity index (χ1) is 7.80. The second-order valence-electron chi connectivity index (χ2n) is 4.89. The molecule has 1 aromatic rings. The van der Waals surface area contributed by atoms with Crippen molar-refractivity contribution in [3.8, 4) is 0 Å². The van der Waals surface area contributed by atoms with E-state index in [-0.39, 0.29) is 5.60 Å². The van der Waals surface area contributed by atoms with E-state index in [1.54, 1.807) is 6.33 Å². The average molecular weight is 291 g/mol. The molecule has 96 valence electrons. The van der Waals surface area contributed by atoms with Crippen molar-refractivity contribution in [2.24, 2.45) is 0 Å². The number of aromatic nitrogens is 3. The first-order valence-electron chi connectivity index (χ1n) is 5.68. The quantitative estimate of drug-likeness (QED) is 0.485. The molecule has 2 atom stereocenters. The number of epoxide rings is 1. The monoisotopic (exact) mass is 291 g/mol. The number of hydrogen-bond acceptors (Lipinski definition) is 4. The molecular formula is C10H18N3OPS2. The predicted molar refractivity (Wildman–Crippen MR) is 76.2 cm³/mol. The summed E-state index contributed by atoms with van der Waals surface area (Å²) < 4.78 is 10.2. The van der Waals surface area contributed by atoms with E-state index in [4.69, 9.17) is 28.8 Å². The molecule has 0 aliphatic carbocycles. The maximum atomic E-state index is 5.67. The summed E-state index contributed by atoms with van der Waals surface area (Å²) in [6, 6.07) is 0. The van der Waals surface area contributed by atoms with Gasteiger partial charge in [0.15, 0.2) is 0 Å². The van der Waals surface area contributed by atoms with Gasteiger partial charge in [0.2, 0.25) is 4.77 Å². The molecule has 2 unspecified atom stereocenters. The Hall–Kier alpha value is -0.0300. The first kappa shape index (κ1) is 13.4. The highest BCUT2D eigenvalue weighted by Crippen LogP contribution is 2.42. The topological polar surface area (TPSA) is 35.3 Å². The molecule has 1 fully saturated rings. The summed E-state index contributed by atoms with van der Waals surface area (Å²) in [4.78, 5) is 0. The second kappa shape index (κ2) is 4.26. The van der Waals surface area contributed by atoms with Gasteiger partial charge in [0, 0.05) is 6.19 Å². The summed E-state index contributed by atoms with van der Waals surface area (Å²) in [6.45, 7) is 9.06. The van der Waals surface area contributed by atoms with Gasteiger partial charge >= 0.3 is 0 Å². The third-order valence-electron chi connectivity index (χ3n) is 3.35. The molecule has 0 N–H and O–H groups in total. The molecule has 4 nitrogen and oxygen atoms in total. The normalized spacial score (nSPS) is 28.4. The van der Waals surface area contributed by atoms with Crippen molar-refractivity contribution in [1.29, 1.82) is 0 Å². The summed E-state index contributed by atoms with van der Waals surface area (Å²) in [5.74, 6) is 0. The van der Waals surface area contributed by atoms with Gasteiger partial charge in [-0.25, -0.2) is 4.68 Å². The second-order valence-corrected chi connectivity index (χ2v) is 11.0. The fourth-order valence-electron chi connectivity index (χ4n) is 1.99. The number of rotatable bonds is 4. The molecule has 1 aromatic heterocycles. The van der Waals surface area contributed by atoms with Gasteiger partial charge in [-0.3, -0.25) is 4.34 Å². The van der Waals surface area contributed by atoms with E-state index in [0.29, 0.717) is 10.9 Å². The lowest BCUT2D eigenvalue weighted by Gasteiger charge is -2.12. The van der Waals surface area contributed by atoms with Crippen LogP contribution in [0.3, 0.4) is 0 Å². The van der Waals surface area contributed by atoms with Crippen LogP contribution in [0.15, 0.2) is 6.33 Å². The van der Waals surface area contributed by atoms with Crippen LogP contribution >= 0.6 is 18.4 Å². The maximum Gasteiger partial charge on any atom is 0.201 e. The summed E-state index contributed by atoms with van der Waals surface area (Å²) in [7, 11) is 0. The highest BCUT2D eigenvalue weighted by molar-refractivity contribution is 8.13. The Morgan fingerprint density at radius 1 is 1.59 bits per heavy atom. The van der Waals surface area contributed by atoms with Gasteiger partial charge in [-0.2, -0.15) is 5.10 Å². The Bertz CT molecular complexity index is 528. The molecule has 0 aromatic carbocycles.